The summed E-state index contributed by atoms with van der Waals surface area (Å²) in [6, 6.07) is 14.5. The summed E-state index contributed by atoms with van der Waals surface area (Å²) in [4.78, 5) is 26.5. The fraction of sp³-hybridized carbons (Fsp3) is 0.0833. The maximum Gasteiger partial charge on any atom is 0.339 e. The van der Waals surface area contributed by atoms with E-state index in [4.69, 9.17) is 15.8 Å². The molecule has 0 atom stereocenters. The summed E-state index contributed by atoms with van der Waals surface area (Å²) in [7, 11) is -4.14. The maximum absolute atomic E-state index is 13.3. The molecule has 0 unspecified atom stereocenters. The van der Waals surface area contributed by atoms with Crippen molar-refractivity contribution < 1.29 is 26.6 Å². The van der Waals surface area contributed by atoms with Crippen molar-refractivity contribution in [3.05, 3.63) is 97.6 Å². The van der Waals surface area contributed by atoms with Crippen molar-refractivity contribution in [3.8, 4) is 5.75 Å². The molecule has 3 aromatic rings. The average Bonchev–Trinajstić information content (AvgIpc) is 3.05. The highest BCUT2D eigenvalue weighted by atomic mass is 79.9. The smallest absolute Gasteiger partial charge is 0.339 e. The topological polar surface area (TPSA) is 80.8 Å². The molecule has 1 heterocycles. The number of hydrogen-bond donors (Lipinski definition) is 0. The molecule has 4 rings (SSSR count). The van der Waals surface area contributed by atoms with E-state index in [1.807, 2.05) is 6.92 Å². The summed E-state index contributed by atoms with van der Waals surface area (Å²) in [6.45, 7) is 1.70. The van der Waals surface area contributed by atoms with Gasteiger partial charge in [-0.1, -0.05) is 51.3 Å². The average molecular weight is 597 g/mol. The molecule has 35 heavy (non-hydrogen) atoms. The third-order valence-corrected chi connectivity index (χ3v) is 7.99. The van der Waals surface area contributed by atoms with Gasteiger partial charge in [0.15, 0.2) is 0 Å². The molecular formula is C24H16BrClFNO5S2. The van der Waals surface area contributed by atoms with Crippen molar-refractivity contribution in [1.29, 1.82) is 0 Å². The minimum Gasteiger partial charge on any atom is -0.378 e. The van der Waals surface area contributed by atoms with E-state index in [2.05, 4.69) is 15.9 Å². The first kappa shape index (κ1) is 25.4. The fourth-order valence-electron chi connectivity index (χ4n) is 3.18. The second kappa shape index (κ2) is 10.1. The molecule has 2 amide bonds. The van der Waals surface area contributed by atoms with Gasteiger partial charge in [0.1, 0.15) is 16.5 Å². The fourth-order valence-corrected chi connectivity index (χ4v) is 5.57. The van der Waals surface area contributed by atoms with Gasteiger partial charge in [0.05, 0.1) is 11.4 Å². The van der Waals surface area contributed by atoms with Gasteiger partial charge in [0.25, 0.3) is 11.1 Å². The summed E-state index contributed by atoms with van der Waals surface area (Å²) in [5.41, 5.74) is 1.58. The Bertz CT molecular complexity index is 1480. The van der Waals surface area contributed by atoms with Crippen LogP contribution in [0.15, 0.2) is 74.9 Å². The number of benzene rings is 3. The van der Waals surface area contributed by atoms with Crippen LogP contribution in [0.3, 0.4) is 0 Å². The Balaban J connectivity index is 1.63. The van der Waals surface area contributed by atoms with Gasteiger partial charge in [-0.25, -0.2) is 4.39 Å². The number of amides is 2. The Kier molecular flexibility index (Phi) is 7.37. The monoisotopic (exact) mass is 595 g/mol. The second-order valence-electron chi connectivity index (χ2n) is 7.54. The van der Waals surface area contributed by atoms with Gasteiger partial charge in [-0.15, -0.1) is 0 Å². The van der Waals surface area contributed by atoms with Gasteiger partial charge in [-0.3, -0.25) is 14.5 Å². The van der Waals surface area contributed by atoms with Gasteiger partial charge < -0.3 is 4.18 Å². The normalized spacial score (nSPS) is 15.2. The zero-order valence-electron chi connectivity index (χ0n) is 18.0. The Hall–Kier alpha value is -2.66. The molecule has 3 aromatic carbocycles. The van der Waals surface area contributed by atoms with Gasteiger partial charge in [0, 0.05) is 15.1 Å². The highest BCUT2D eigenvalue weighted by Crippen LogP contribution is 2.37. The summed E-state index contributed by atoms with van der Waals surface area (Å²) in [5, 5.41) is -0.441. The van der Waals surface area contributed by atoms with E-state index in [1.54, 1.807) is 24.3 Å². The standard InChI is InChI=1S/C24H16BrClFNO5S2/c1-14-2-7-19(8-3-14)35(31,32)33-21-9-5-17(25)10-16(21)11-22-23(29)28(24(30)34-22)13-15-4-6-18(27)12-20(15)26/h2-12H,13H2,1H3/b22-11-. The lowest BCUT2D eigenvalue weighted by atomic mass is 10.1. The van der Waals surface area contributed by atoms with Gasteiger partial charge in [-0.2, -0.15) is 8.42 Å². The molecular weight excluding hydrogens is 581 g/mol. The lowest BCUT2D eigenvalue weighted by molar-refractivity contribution is -0.123. The molecule has 0 aliphatic carbocycles. The van der Waals surface area contributed by atoms with Crippen LogP contribution in [0.2, 0.25) is 5.02 Å². The van der Waals surface area contributed by atoms with Crippen LogP contribution in [-0.2, 0) is 21.5 Å². The van der Waals surface area contributed by atoms with Crippen molar-refractivity contribution in [2.45, 2.75) is 18.4 Å². The van der Waals surface area contributed by atoms with Crippen molar-refractivity contribution in [2.75, 3.05) is 0 Å². The molecule has 1 saturated heterocycles. The Morgan fingerprint density at radius 3 is 2.49 bits per heavy atom. The zero-order chi connectivity index (χ0) is 25.3. The molecule has 6 nitrogen and oxygen atoms in total. The van der Waals surface area contributed by atoms with E-state index in [0.29, 0.717) is 21.8 Å². The van der Waals surface area contributed by atoms with Crippen LogP contribution < -0.4 is 4.18 Å². The van der Waals surface area contributed by atoms with Crippen molar-refractivity contribution in [3.63, 3.8) is 0 Å². The van der Waals surface area contributed by atoms with E-state index >= 15 is 0 Å². The number of imide groups is 1. The van der Waals surface area contributed by atoms with Crippen LogP contribution >= 0.6 is 39.3 Å². The van der Waals surface area contributed by atoms with Crippen LogP contribution in [0.4, 0.5) is 9.18 Å². The van der Waals surface area contributed by atoms with E-state index in [0.717, 1.165) is 16.5 Å². The number of carbonyl (C=O) groups excluding carboxylic acids is 2. The Morgan fingerprint density at radius 2 is 1.80 bits per heavy atom. The Morgan fingerprint density at radius 1 is 1.09 bits per heavy atom. The zero-order valence-corrected chi connectivity index (χ0v) is 22.0. The number of thioether (sulfide) groups is 1. The maximum atomic E-state index is 13.3. The van der Waals surface area contributed by atoms with Gasteiger partial charge in [-0.05, 0) is 72.8 Å². The summed E-state index contributed by atoms with van der Waals surface area (Å²) in [6.07, 6.45) is 1.39. The first-order chi connectivity index (χ1) is 16.5. The van der Waals surface area contributed by atoms with Crippen molar-refractivity contribution in [2.24, 2.45) is 0 Å². The van der Waals surface area contributed by atoms with Crippen molar-refractivity contribution >= 4 is 66.6 Å². The molecule has 1 aliphatic rings. The van der Waals surface area contributed by atoms with Crippen LogP contribution in [0.25, 0.3) is 6.08 Å². The van der Waals surface area contributed by atoms with Crippen LogP contribution in [-0.4, -0.2) is 24.5 Å². The number of aryl methyl sites for hydroxylation is 1. The minimum atomic E-state index is -4.14. The van der Waals surface area contributed by atoms with E-state index in [1.165, 1.54) is 36.4 Å². The quantitative estimate of drug-likeness (QED) is 0.237. The predicted octanol–water partition coefficient (Wildman–Crippen LogP) is 6.55. The summed E-state index contributed by atoms with van der Waals surface area (Å²) in [5.74, 6) is -1.13. The lowest BCUT2D eigenvalue weighted by Crippen LogP contribution is -2.27. The highest BCUT2D eigenvalue weighted by Gasteiger charge is 2.35. The third-order valence-electron chi connectivity index (χ3n) is 4.98. The van der Waals surface area contributed by atoms with Crippen LogP contribution in [0.1, 0.15) is 16.7 Å². The Labute approximate surface area is 219 Å². The second-order valence-corrected chi connectivity index (χ2v) is 11.4. The summed E-state index contributed by atoms with van der Waals surface area (Å²) >= 11 is 10.1. The van der Waals surface area contributed by atoms with Gasteiger partial charge in [0.2, 0.25) is 0 Å². The largest absolute Gasteiger partial charge is 0.378 e. The number of nitrogens with zero attached hydrogens (tertiary/aromatic N) is 1. The predicted molar refractivity (Wildman–Crippen MR) is 136 cm³/mol. The molecule has 0 spiro atoms. The molecule has 1 fully saturated rings. The van der Waals surface area contributed by atoms with E-state index in [-0.39, 0.29) is 32.7 Å². The van der Waals surface area contributed by atoms with E-state index in [9.17, 15) is 22.4 Å². The van der Waals surface area contributed by atoms with E-state index < -0.39 is 27.1 Å². The number of hydrogen-bond acceptors (Lipinski definition) is 6. The number of rotatable bonds is 6. The molecule has 0 aromatic heterocycles. The number of halogens is 3. The molecule has 0 radical (unpaired) electrons. The summed E-state index contributed by atoms with van der Waals surface area (Å²) < 4.78 is 44.9. The molecule has 11 heteroatoms. The minimum absolute atomic E-state index is 0.0119. The first-order valence-corrected chi connectivity index (χ1v) is 13.4. The van der Waals surface area contributed by atoms with Crippen LogP contribution in [0.5, 0.6) is 5.75 Å². The molecule has 0 saturated carbocycles. The van der Waals surface area contributed by atoms with Gasteiger partial charge >= 0.3 is 10.1 Å². The van der Waals surface area contributed by atoms with Crippen LogP contribution in [0, 0.1) is 12.7 Å². The molecule has 0 N–H and O–H groups in total. The number of carbonyl (C=O) groups is 2. The third kappa shape index (κ3) is 5.78. The van der Waals surface area contributed by atoms with Crippen molar-refractivity contribution in [1.82, 2.24) is 4.90 Å². The SMILES string of the molecule is Cc1ccc(S(=O)(=O)Oc2ccc(Br)cc2/C=C2\SC(=O)N(Cc3ccc(F)cc3Cl)C2=O)cc1. The molecule has 1 aliphatic heterocycles. The lowest BCUT2D eigenvalue weighted by Gasteiger charge is -2.13. The highest BCUT2D eigenvalue weighted by molar-refractivity contribution is 9.10. The molecule has 180 valence electrons. The first-order valence-electron chi connectivity index (χ1n) is 10.0. The molecule has 0 bridgehead atoms.